The lowest BCUT2D eigenvalue weighted by atomic mass is 10.1. The Labute approximate surface area is 139 Å². The van der Waals surface area contributed by atoms with E-state index in [0.717, 1.165) is 10.5 Å². The molecule has 8 heteroatoms. The third-order valence-electron chi connectivity index (χ3n) is 3.85. The van der Waals surface area contributed by atoms with Gasteiger partial charge >= 0.3 is 6.03 Å². The van der Waals surface area contributed by atoms with Gasteiger partial charge < -0.3 is 24.6 Å². The summed E-state index contributed by atoms with van der Waals surface area (Å²) in [6, 6.07) is 4.96. The highest BCUT2D eigenvalue weighted by Gasteiger charge is 2.44. The molecule has 3 rings (SSSR count). The van der Waals surface area contributed by atoms with Crippen LogP contribution < -0.4 is 14.8 Å². The van der Waals surface area contributed by atoms with Crippen molar-refractivity contribution in [1.82, 2.24) is 10.2 Å². The number of urea groups is 1. The standard InChI is InChI=1S/C16H20N2O6/c1-16(2)14(20)18(15(21)17-16)6-11(19)8-22-7-10-3-4-12-13(5-10)24-9-23-12/h3-5,11,19H,6-9H2,1-2H3,(H,17,21)/t11-/m0/s1. The minimum atomic E-state index is -0.956. The molecule has 2 heterocycles. The Hall–Kier alpha value is -2.32. The predicted octanol–water partition coefficient (Wildman–Crippen LogP) is 0.623. The topological polar surface area (TPSA) is 97.3 Å². The first-order valence-electron chi connectivity index (χ1n) is 7.65. The third kappa shape index (κ3) is 3.29. The van der Waals surface area contributed by atoms with E-state index >= 15 is 0 Å². The number of carbonyl (C=O) groups excluding carboxylic acids is 2. The van der Waals surface area contributed by atoms with E-state index in [-0.39, 0.29) is 32.5 Å². The molecule has 2 aliphatic rings. The van der Waals surface area contributed by atoms with E-state index in [1.807, 2.05) is 12.1 Å². The smallest absolute Gasteiger partial charge is 0.325 e. The Morgan fingerprint density at radius 1 is 1.33 bits per heavy atom. The summed E-state index contributed by atoms with van der Waals surface area (Å²) in [4.78, 5) is 24.8. The molecule has 1 saturated heterocycles. The zero-order valence-electron chi connectivity index (χ0n) is 13.6. The van der Waals surface area contributed by atoms with E-state index in [0.29, 0.717) is 11.5 Å². The molecule has 1 fully saturated rings. The minimum Gasteiger partial charge on any atom is -0.454 e. The molecule has 0 saturated carbocycles. The SMILES string of the molecule is CC1(C)NC(=O)N(C[C@H](O)COCc2ccc3c(c2)OCO3)C1=O. The number of nitrogens with zero attached hydrogens (tertiary/aromatic N) is 1. The van der Waals surface area contributed by atoms with Crippen LogP contribution in [0.25, 0.3) is 0 Å². The van der Waals surface area contributed by atoms with Gasteiger partial charge in [-0.1, -0.05) is 6.07 Å². The van der Waals surface area contributed by atoms with Gasteiger partial charge in [0.1, 0.15) is 5.54 Å². The Morgan fingerprint density at radius 2 is 2.08 bits per heavy atom. The fraction of sp³-hybridized carbons (Fsp3) is 0.500. The summed E-state index contributed by atoms with van der Waals surface area (Å²) < 4.78 is 16.0. The molecular formula is C16H20N2O6. The molecule has 8 nitrogen and oxygen atoms in total. The van der Waals surface area contributed by atoms with Crippen molar-refractivity contribution < 1.29 is 28.9 Å². The van der Waals surface area contributed by atoms with E-state index in [1.165, 1.54) is 0 Å². The van der Waals surface area contributed by atoms with Crippen molar-refractivity contribution in [3.63, 3.8) is 0 Å². The third-order valence-corrected chi connectivity index (χ3v) is 3.85. The number of amides is 3. The highest BCUT2D eigenvalue weighted by Crippen LogP contribution is 2.32. The number of hydrogen-bond acceptors (Lipinski definition) is 6. The number of imide groups is 1. The van der Waals surface area contributed by atoms with Crippen molar-refractivity contribution in [2.24, 2.45) is 0 Å². The van der Waals surface area contributed by atoms with Gasteiger partial charge in [0, 0.05) is 0 Å². The molecule has 1 aromatic rings. The van der Waals surface area contributed by atoms with Crippen LogP contribution in [0.5, 0.6) is 11.5 Å². The lowest BCUT2D eigenvalue weighted by Crippen LogP contribution is -2.42. The summed E-state index contributed by atoms with van der Waals surface area (Å²) in [7, 11) is 0. The first-order valence-corrected chi connectivity index (χ1v) is 7.65. The molecule has 0 aromatic heterocycles. The molecule has 0 bridgehead atoms. The molecule has 1 atom stereocenters. The van der Waals surface area contributed by atoms with Gasteiger partial charge in [0.25, 0.3) is 5.91 Å². The van der Waals surface area contributed by atoms with E-state index in [2.05, 4.69) is 5.32 Å². The number of ether oxygens (including phenoxy) is 3. The molecule has 2 aliphatic heterocycles. The molecular weight excluding hydrogens is 316 g/mol. The fourth-order valence-electron chi connectivity index (χ4n) is 2.59. The average molecular weight is 336 g/mol. The quantitative estimate of drug-likeness (QED) is 0.739. The maximum absolute atomic E-state index is 12.0. The molecule has 0 unspecified atom stereocenters. The van der Waals surface area contributed by atoms with E-state index in [4.69, 9.17) is 14.2 Å². The van der Waals surface area contributed by atoms with Crippen molar-refractivity contribution in [3.8, 4) is 11.5 Å². The molecule has 0 radical (unpaired) electrons. The van der Waals surface area contributed by atoms with Gasteiger partial charge in [0.05, 0.1) is 25.9 Å². The molecule has 24 heavy (non-hydrogen) atoms. The first-order chi connectivity index (χ1) is 11.4. The lowest BCUT2D eigenvalue weighted by Gasteiger charge is -2.19. The predicted molar refractivity (Wildman–Crippen MR) is 82.6 cm³/mol. The van der Waals surface area contributed by atoms with Crippen LogP contribution >= 0.6 is 0 Å². The van der Waals surface area contributed by atoms with Gasteiger partial charge in [-0.05, 0) is 31.5 Å². The summed E-state index contributed by atoms with van der Waals surface area (Å²) in [5.41, 5.74) is -0.0629. The number of aliphatic hydroxyl groups is 1. The van der Waals surface area contributed by atoms with Crippen molar-refractivity contribution in [1.29, 1.82) is 0 Å². The normalized spacial score (nSPS) is 19.5. The van der Waals surface area contributed by atoms with E-state index in [9.17, 15) is 14.7 Å². The lowest BCUT2D eigenvalue weighted by molar-refractivity contribution is -0.131. The molecule has 130 valence electrons. The van der Waals surface area contributed by atoms with Crippen LogP contribution in [0.3, 0.4) is 0 Å². The van der Waals surface area contributed by atoms with Crippen LogP contribution in [-0.4, -0.2) is 53.5 Å². The van der Waals surface area contributed by atoms with Crippen LogP contribution in [0.2, 0.25) is 0 Å². The number of carbonyl (C=O) groups is 2. The van der Waals surface area contributed by atoms with Crippen molar-refractivity contribution in [3.05, 3.63) is 23.8 Å². The fourth-order valence-corrected chi connectivity index (χ4v) is 2.59. The van der Waals surface area contributed by atoms with E-state index < -0.39 is 17.7 Å². The zero-order chi connectivity index (χ0) is 17.3. The van der Waals surface area contributed by atoms with Gasteiger partial charge in [-0.25, -0.2) is 4.79 Å². The number of benzene rings is 1. The Balaban J connectivity index is 1.47. The summed E-state index contributed by atoms with van der Waals surface area (Å²) in [6.07, 6.45) is -0.956. The van der Waals surface area contributed by atoms with Gasteiger partial charge in [-0.3, -0.25) is 9.69 Å². The van der Waals surface area contributed by atoms with Crippen LogP contribution in [0.4, 0.5) is 4.79 Å². The second-order valence-corrected chi connectivity index (χ2v) is 6.33. The summed E-state index contributed by atoms with van der Waals surface area (Å²) in [6.45, 7) is 3.63. The highest BCUT2D eigenvalue weighted by atomic mass is 16.7. The highest BCUT2D eigenvalue weighted by molar-refractivity contribution is 6.06. The first kappa shape index (κ1) is 16.5. The van der Waals surface area contributed by atoms with Crippen molar-refractivity contribution >= 4 is 11.9 Å². The number of hydrogen-bond donors (Lipinski definition) is 2. The van der Waals surface area contributed by atoms with Crippen LogP contribution in [0.15, 0.2) is 18.2 Å². The number of β-amino-alcohol motifs (C(OH)–C–C–N with tert-alkyl or cyclic N) is 1. The van der Waals surface area contributed by atoms with Gasteiger partial charge in [0.2, 0.25) is 6.79 Å². The van der Waals surface area contributed by atoms with Crippen LogP contribution in [0, 0.1) is 0 Å². The maximum Gasteiger partial charge on any atom is 0.325 e. The molecule has 2 N–H and O–H groups in total. The largest absolute Gasteiger partial charge is 0.454 e. The number of fused-ring (bicyclic) bond motifs is 1. The Morgan fingerprint density at radius 3 is 2.79 bits per heavy atom. The van der Waals surface area contributed by atoms with Crippen LogP contribution in [-0.2, 0) is 16.1 Å². The molecule has 1 aromatic carbocycles. The van der Waals surface area contributed by atoms with Gasteiger partial charge in [0.15, 0.2) is 11.5 Å². The van der Waals surface area contributed by atoms with Crippen LogP contribution in [0.1, 0.15) is 19.4 Å². The van der Waals surface area contributed by atoms with Crippen molar-refractivity contribution in [2.75, 3.05) is 19.9 Å². The molecule has 0 aliphatic carbocycles. The van der Waals surface area contributed by atoms with E-state index in [1.54, 1.807) is 19.9 Å². The molecule has 3 amide bonds. The summed E-state index contributed by atoms with van der Waals surface area (Å²) in [5.74, 6) is 1.00. The summed E-state index contributed by atoms with van der Waals surface area (Å²) in [5, 5.41) is 12.6. The molecule has 0 spiro atoms. The number of nitrogens with one attached hydrogen (secondary N) is 1. The Kier molecular flexibility index (Phi) is 4.33. The van der Waals surface area contributed by atoms with Gasteiger partial charge in [-0.2, -0.15) is 0 Å². The van der Waals surface area contributed by atoms with Gasteiger partial charge in [-0.15, -0.1) is 0 Å². The Bertz CT molecular complexity index is 660. The van der Waals surface area contributed by atoms with Crippen molar-refractivity contribution in [2.45, 2.75) is 32.1 Å². The summed E-state index contributed by atoms with van der Waals surface area (Å²) >= 11 is 0. The maximum atomic E-state index is 12.0. The second kappa shape index (κ2) is 6.29. The minimum absolute atomic E-state index is 0.00588. The monoisotopic (exact) mass is 336 g/mol. The number of aliphatic hydroxyl groups excluding tert-OH is 1. The average Bonchev–Trinajstić information content (AvgIpc) is 3.05. The zero-order valence-corrected chi connectivity index (χ0v) is 13.6. The number of rotatable bonds is 6. The second-order valence-electron chi connectivity index (χ2n) is 6.33.